The lowest BCUT2D eigenvalue weighted by molar-refractivity contribution is 0.857. The fourth-order valence-corrected chi connectivity index (χ4v) is 1.35. The Kier molecular flexibility index (Phi) is 2.18. The molecule has 1 nitrogen and oxygen atoms in total. The molecule has 1 aromatic carbocycles. The van der Waals surface area contributed by atoms with E-state index >= 15 is 0 Å². The number of aryl methyl sites for hydroxylation is 1. The first kappa shape index (κ1) is 8.12. The van der Waals surface area contributed by atoms with E-state index in [1.807, 2.05) is 12.1 Å². The highest BCUT2D eigenvalue weighted by Gasteiger charge is 2.01. The third-order valence-electron chi connectivity index (χ3n) is 1.92. The molecule has 11 heavy (non-hydrogen) atoms. The Bertz CT molecular complexity index is 251. The minimum atomic E-state index is 0.593. The van der Waals surface area contributed by atoms with Crippen LogP contribution in [0.1, 0.15) is 30.9 Å². The first-order valence-electron chi connectivity index (χ1n) is 3.97. The maximum absolute atomic E-state index is 5.63. The highest BCUT2D eigenvalue weighted by atomic mass is 14.5. The van der Waals surface area contributed by atoms with Crippen LogP contribution in [-0.2, 0) is 0 Å². The van der Waals surface area contributed by atoms with E-state index in [9.17, 15) is 0 Å². The van der Waals surface area contributed by atoms with Crippen molar-refractivity contribution in [3.8, 4) is 0 Å². The van der Waals surface area contributed by atoms with Gasteiger partial charge >= 0.3 is 0 Å². The van der Waals surface area contributed by atoms with Gasteiger partial charge in [0.15, 0.2) is 0 Å². The lowest BCUT2D eigenvalue weighted by atomic mass is 9.98. The van der Waals surface area contributed by atoms with Crippen LogP contribution in [-0.4, -0.2) is 0 Å². The number of nitrogen functional groups attached to an aromatic ring is 1. The van der Waals surface area contributed by atoms with Gasteiger partial charge in [0.05, 0.1) is 0 Å². The summed E-state index contributed by atoms with van der Waals surface area (Å²) in [6.07, 6.45) is 0. The van der Waals surface area contributed by atoms with Gasteiger partial charge in [-0.1, -0.05) is 19.9 Å². The maximum atomic E-state index is 5.63. The number of benzene rings is 1. The number of anilines is 1. The van der Waals surface area contributed by atoms with E-state index in [1.165, 1.54) is 11.1 Å². The van der Waals surface area contributed by atoms with Crippen molar-refractivity contribution in [2.45, 2.75) is 26.7 Å². The molecule has 0 fully saturated rings. The van der Waals surface area contributed by atoms with Gasteiger partial charge in [-0.25, -0.2) is 0 Å². The molecular formula is C10H15N. The van der Waals surface area contributed by atoms with Crippen molar-refractivity contribution in [1.29, 1.82) is 0 Å². The summed E-state index contributed by atoms with van der Waals surface area (Å²) in [7, 11) is 0. The summed E-state index contributed by atoms with van der Waals surface area (Å²) < 4.78 is 0. The third kappa shape index (κ3) is 1.73. The fraction of sp³-hybridized carbons (Fsp3) is 0.400. The molecular weight excluding hydrogens is 134 g/mol. The topological polar surface area (TPSA) is 26.0 Å². The van der Waals surface area contributed by atoms with Gasteiger partial charge < -0.3 is 5.73 Å². The summed E-state index contributed by atoms with van der Waals surface area (Å²) in [4.78, 5) is 0. The molecule has 0 bridgehead atoms. The normalized spacial score (nSPS) is 10.5. The fourth-order valence-electron chi connectivity index (χ4n) is 1.35. The van der Waals surface area contributed by atoms with Crippen LogP contribution in [0.15, 0.2) is 18.2 Å². The molecule has 1 rings (SSSR count). The molecule has 0 atom stereocenters. The van der Waals surface area contributed by atoms with Crippen molar-refractivity contribution in [3.63, 3.8) is 0 Å². The second-order valence-electron chi connectivity index (χ2n) is 3.27. The Morgan fingerprint density at radius 3 is 2.36 bits per heavy atom. The minimum Gasteiger partial charge on any atom is -0.399 e. The van der Waals surface area contributed by atoms with E-state index in [-0.39, 0.29) is 0 Å². The molecule has 60 valence electrons. The molecule has 0 heterocycles. The number of hydrogen-bond donors (Lipinski definition) is 1. The molecule has 0 spiro atoms. The van der Waals surface area contributed by atoms with Crippen molar-refractivity contribution < 1.29 is 0 Å². The molecule has 0 radical (unpaired) electrons. The second kappa shape index (κ2) is 2.95. The van der Waals surface area contributed by atoms with Gasteiger partial charge in [-0.15, -0.1) is 0 Å². The van der Waals surface area contributed by atoms with Gasteiger partial charge in [0.1, 0.15) is 0 Å². The van der Waals surface area contributed by atoms with E-state index in [1.54, 1.807) is 0 Å². The summed E-state index contributed by atoms with van der Waals surface area (Å²) >= 11 is 0. The molecule has 2 N–H and O–H groups in total. The lowest BCUT2D eigenvalue weighted by Crippen LogP contribution is -1.93. The zero-order valence-electron chi connectivity index (χ0n) is 7.39. The average molecular weight is 149 g/mol. The average Bonchev–Trinajstić information content (AvgIpc) is 1.85. The zero-order valence-corrected chi connectivity index (χ0v) is 7.39. The molecule has 0 amide bonds. The quantitative estimate of drug-likeness (QED) is 0.610. The summed E-state index contributed by atoms with van der Waals surface area (Å²) in [5, 5.41) is 0. The van der Waals surface area contributed by atoms with Crippen molar-refractivity contribution >= 4 is 5.69 Å². The van der Waals surface area contributed by atoms with Crippen LogP contribution in [0.4, 0.5) is 5.69 Å². The van der Waals surface area contributed by atoms with Gasteiger partial charge in [-0.3, -0.25) is 0 Å². The Morgan fingerprint density at radius 2 is 1.91 bits per heavy atom. The molecule has 0 aliphatic carbocycles. The third-order valence-corrected chi connectivity index (χ3v) is 1.92. The predicted octanol–water partition coefficient (Wildman–Crippen LogP) is 2.70. The van der Waals surface area contributed by atoms with Crippen LogP contribution in [0.2, 0.25) is 0 Å². The van der Waals surface area contributed by atoms with Crippen LogP contribution in [0.3, 0.4) is 0 Å². The lowest BCUT2D eigenvalue weighted by Gasteiger charge is -2.09. The summed E-state index contributed by atoms with van der Waals surface area (Å²) in [5.74, 6) is 0.593. The molecule has 0 saturated carbocycles. The van der Waals surface area contributed by atoms with Crippen molar-refractivity contribution in [2.75, 3.05) is 5.73 Å². The molecule has 1 aromatic rings. The monoisotopic (exact) mass is 149 g/mol. The predicted molar refractivity (Wildman–Crippen MR) is 49.7 cm³/mol. The molecule has 0 aliphatic heterocycles. The van der Waals surface area contributed by atoms with Crippen LogP contribution < -0.4 is 5.73 Å². The highest BCUT2D eigenvalue weighted by molar-refractivity contribution is 5.45. The SMILES string of the molecule is Cc1cc(N)ccc1C(C)C. The summed E-state index contributed by atoms with van der Waals surface area (Å²) in [6.45, 7) is 6.49. The first-order chi connectivity index (χ1) is 5.11. The number of rotatable bonds is 1. The number of hydrogen-bond acceptors (Lipinski definition) is 1. The second-order valence-corrected chi connectivity index (χ2v) is 3.27. The van der Waals surface area contributed by atoms with E-state index < -0.39 is 0 Å². The van der Waals surface area contributed by atoms with E-state index in [0.29, 0.717) is 5.92 Å². The van der Waals surface area contributed by atoms with Gasteiger partial charge in [0, 0.05) is 5.69 Å². The Morgan fingerprint density at radius 1 is 1.27 bits per heavy atom. The summed E-state index contributed by atoms with van der Waals surface area (Å²) in [5.41, 5.74) is 9.16. The van der Waals surface area contributed by atoms with Gasteiger partial charge in [0.25, 0.3) is 0 Å². The highest BCUT2D eigenvalue weighted by Crippen LogP contribution is 2.20. The van der Waals surface area contributed by atoms with Gasteiger partial charge in [-0.05, 0) is 36.1 Å². The minimum absolute atomic E-state index is 0.593. The largest absolute Gasteiger partial charge is 0.399 e. The van der Waals surface area contributed by atoms with Crippen LogP contribution in [0.5, 0.6) is 0 Å². The van der Waals surface area contributed by atoms with E-state index in [2.05, 4.69) is 26.8 Å². The molecule has 0 saturated heterocycles. The van der Waals surface area contributed by atoms with Gasteiger partial charge in [0.2, 0.25) is 0 Å². The standard InChI is InChI=1S/C10H15N/c1-7(2)10-5-4-9(11)6-8(10)3/h4-7H,11H2,1-3H3. The van der Waals surface area contributed by atoms with Crippen molar-refractivity contribution in [1.82, 2.24) is 0 Å². The molecule has 0 unspecified atom stereocenters. The number of nitrogens with two attached hydrogens (primary N) is 1. The van der Waals surface area contributed by atoms with Crippen LogP contribution >= 0.6 is 0 Å². The Hall–Kier alpha value is -0.980. The van der Waals surface area contributed by atoms with E-state index in [0.717, 1.165) is 5.69 Å². The molecule has 0 aromatic heterocycles. The van der Waals surface area contributed by atoms with Crippen LogP contribution in [0.25, 0.3) is 0 Å². The molecule has 1 heteroatoms. The smallest absolute Gasteiger partial charge is 0.0316 e. The van der Waals surface area contributed by atoms with E-state index in [4.69, 9.17) is 5.73 Å². The van der Waals surface area contributed by atoms with Crippen molar-refractivity contribution in [3.05, 3.63) is 29.3 Å². The molecule has 0 aliphatic rings. The summed E-state index contributed by atoms with van der Waals surface area (Å²) in [6, 6.07) is 6.09. The van der Waals surface area contributed by atoms with Gasteiger partial charge in [-0.2, -0.15) is 0 Å². The Balaban J connectivity index is 3.09. The Labute approximate surface area is 68.2 Å². The maximum Gasteiger partial charge on any atom is 0.0316 e. The first-order valence-corrected chi connectivity index (χ1v) is 3.97. The van der Waals surface area contributed by atoms with Crippen LogP contribution in [0, 0.1) is 6.92 Å². The van der Waals surface area contributed by atoms with Crippen molar-refractivity contribution in [2.24, 2.45) is 0 Å². The zero-order chi connectivity index (χ0) is 8.43.